The maximum absolute atomic E-state index is 13.9. The topological polar surface area (TPSA) is 87.7 Å². The molecule has 1 aliphatic rings. The molecule has 4 rings (SSSR count). The number of rotatable bonds is 6. The molecule has 1 heterocycles. The number of esters is 1. The molecule has 1 aliphatic heterocycles. The van der Waals surface area contributed by atoms with Gasteiger partial charge < -0.3 is 20.3 Å². The first-order valence-electron chi connectivity index (χ1n) is 12.0. The van der Waals surface area contributed by atoms with Crippen molar-refractivity contribution in [2.75, 3.05) is 12.4 Å². The summed E-state index contributed by atoms with van der Waals surface area (Å²) in [4.78, 5) is 42.6. The average Bonchev–Trinajstić information content (AvgIpc) is 3.26. The molecule has 1 fully saturated rings. The monoisotopic (exact) mass is 485 g/mol. The number of carbonyl (C=O) groups is 3. The van der Waals surface area contributed by atoms with Crippen molar-refractivity contribution in [3.8, 4) is 0 Å². The molecule has 4 unspecified atom stereocenters. The summed E-state index contributed by atoms with van der Waals surface area (Å²) in [5.41, 5.74) is 2.12. The Kier molecular flexibility index (Phi) is 7.68. The fraction of sp³-hybridized carbons (Fsp3) is 0.276. The SMILES string of the molecule is COC(=O)C1C(c2ccccc2)C(C(=O)NC(C)C)N(C(=O)Nc2ccccc2)C1c1ccccc1. The second-order valence-electron chi connectivity index (χ2n) is 9.15. The summed E-state index contributed by atoms with van der Waals surface area (Å²) in [6.45, 7) is 3.73. The summed E-state index contributed by atoms with van der Waals surface area (Å²) in [6.07, 6.45) is 0. The Hall–Kier alpha value is -4.13. The molecule has 0 aromatic heterocycles. The largest absolute Gasteiger partial charge is 0.469 e. The Morgan fingerprint density at radius 3 is 1.86 bits per heavy atom. The van der Waals surface area contributed by atoms with E-state index in [0.717, 1.165) is 11.1 Å². The number of para-hydroxylation sites is 1. The van der Waals surface area contributed by atoms with Gasteiger partial charge in [-0.1, -0.05) is 78.9 Å². The molecule has 7 heteroatoms. The summed E-state index contributed by atoms with van der Waals surface area (Å²) in [6, 6.07) is 25.5. The number of urea groups is 1. The quantitative estimate of drug-likeness (QED) is 0.494. The Balaban J connectivity index is 1.91. The number of amides is 3. The molecule has 4 atom stereocenters. The first-order chi connectivity index (χ1) is 17.4. The minimum Gasteiger partial charge on any atom is -0.469 e. The van der Waals surface area contributed by atoms with Crippen LogP contribution in [0.3, 0.4) is 0 Å². The van der Waals surface area contributed by atoms with E-state index < -0.39 is 35.9 Å². The Bertz CT molecular complexity index is 1180. The normalized spacial score (nSPS) is 21.2. The predicted molar refractivity (Wildman–Crippen MR) is 138 cm³/mol. The highest BCUT2D eigenvalue weighted by Crippen LogP contribution is 2.50. The maximum atomic E-state index is 13.9. The molecule has 0 aliphatic carbocycles. The Morgan fingerprint density at radius 2 is 1.33 bits per heavy atom. The van der Waals surface area contributed by atoms with E-state index in [0.29, 0.717) is 5.69 Å². The van der Waals surface area contributed by atoms with Gasteiger partial charge in [0.25, 0.3) is 0 Å². The lowest BCUT2D eigenvalue weighted by atomic mass is 9.79. The summed E-state index contributed by atoms with van der Waals surface area (Å²) < 4.78 is 5.26. The van der Waals surface area contributed by atoms with Crippen molar-refractivity contribution in [2.45, 2.75) is 37.9 Å². The van der Waals surface area contributed by atoms with E-state index >= 15 is 0 Å². The standard InChI is InChI=1S/C29H31N3O4/c1-19(2)30-27(33)26-23(20-13-7-4-8-14-20)24(28(34)36-3)25(21-15-9-5-10-16-21)32(26)29(35)31-22-17-11-6-12-18-22/h4-19,23-26H,1-3H3,(H,30,33)(H,31,35). The van der Waals surface area contributed by atoms with Crippen LogP contribution in [0.4, 0.5) is 10.5 Å². The molecule has 0 saturated carbocycles. The van der Waals surface area contributed by atoms with Crippen molar-refractivity contribution in [1.82, 2.24) is 10.2 Å². The molecule has 1 saturated heterocycles. The number of anilines is 1. The number of likely N-dealkylation sites (tertiary alicyclic amines) is 1. The average molecular weight is 486 g/mol. The smallest absolute Gasteiger partial charge is 0.323 e. The molecule has 0 spiro atoms. The van der Waals surface area contributed by atoms with Crippen molar-refractivity contribution in [1.29, 1.82) is 0 Å². The van der Waals surface area contributed by atoms with Crippen molar-refractivity contribution in [3.63, 3.8) is 0 Å². The van der Waals surface area contributed by atoms with Gasteiger partial charge in [0.2, 0.25) is 5.91 Å². The Labute approximate surface area is 211 Å². The maximum Gasteiger partial charge on any atom is 0.323 e. The minimum absolute atomic E-state index is 0.152. The third-order valence-electron chi connectivity index (χ3n) is 6.42. The molecule has 0 bridgehead atoms. The summed E-state index contributed by atoms with van der Waals surface area (Å²) >= 11 is 0. The van der Waals surface area contributed by atoms with Gasteiger partial charge >= 0.3 is 12.0 Å². The van der Waals surface area contributed by atoms with Gasteiger partial charge in [0.15, 0.2) is 0 Å². The third kappa shape index (κ3) is 5.10. The van der Waals surface area contributed by atoms with Crippen molar-refractivity contribution in [3.05, 3.63) is 102 Å². The fourth-order valence-electron chi connectivity index (χ4n) is 5.03. The lowest BCUT2D eigenvalue weighted by Crippen LogP contribution is -2.51. The van der Waals surface area contributed by atoms with E-state index in [1.54, 1.807) is 12.1 Å². The highest BCUT2D eigenvalue weighted by atomic mass is 16.5. The van der Waals surface area contributed by atoms with E-state index in [1.165, 1.54) is 12.0 Å². The van der Waals surface area contributed by atoms with Gasteiger partial charge in [-0.2, -0.15) is 0 Å². The van der Waals surface area contributed by atoms with Crippen LogP contribution in [-0.2, 0) is 14.3 Å². The van der Waals surface area contributed by atoms with E-state index in [-0.39, 0.29) is 11.9 Å². The van der Waals surface area contributed by atoms with Crippen LogP contribution in [0.2, 0.25) is 0 Å². The number of benzene rings is 3. The second kappa shape index (κ2) is 11.1. The van der Waals surface area contributed by atoms with E-state index in [1.807, 2.05) is 92.7 Å². The highest BCUT2D eigenvalue weighted by molar-refractivity contribution is 5.97. The highest BCUT2D eigenvalue weighted by Gasteiger charge is 2.58. The fourth-order valence-corrected chi connectivity index (χ4v) is 5.03. The molecule has 7 nitrogen and oxygen atoms in total. The van der Waals surface area contributed by atoms with Crippen LogP contribution < -0.4 is 10.6 Å². The van der Waals surface area contributed by atoms with Crippen molar-refractivity contribution in [2.24, 2.45) is 5.92 Å². The molecule has 186 valence electrons. The molecule has 3 amide bonds. The van der Waals surface area contributed by atoms with Crippen molar-refractivity contribution >= 4 is 23.6 Å². The van der Waals surface area contributed by atoms with Crippen LogP contribution in [0, 0.1) is 5.92 Å². The minimum atomic E-state index is -0.951. The van der Waals surface area contributed by atoms with Crippen LogP contribution in [-0.4, -0.2) is 42.0 Å². The number of ether oxygens (including phenoxy) is 1. The number of hydrogen-bond acceptors (Lipinski definition) is 4. The second-order valence-corrected chi connectivity index (χ2v) is 9.15. The molecule has 2 N–H and O–H groups in total. The van der Waals surface area contributed by atoms with Crippen LogP contribution >= 0.6 is 0 Å². The van der Waals surface area contributed by atoms with Crippen LogP contribution in [0.25, 0.3) is 0 Å². The number of carbonyl (C=O) groups excluding carboxylic acids is 3. The van der Waals surface area contributed by atoms with Gasteiger partial charge in [-0.15, -0.1) is 0 Å². The van der Waals surface area contributed by atoms with E-state index in [2.05, 4.69) is 10.6 Å². The first kappa shape index (κ1) is 25.0. The van der Waals surface area contributed by atoms with Crippen molar-refractivity contribution < 1.29 is 19.1 Å². The molecule has 36 heavy (non-hydrogen) atoms. The van der Waals surface area contributed by atoms with Gasteiger partial charge in [-0.05, 0) is 37.1 Å². The summed E-state index contributed by atoms with van der Waals surface area (Å²) in [5.74, 6) is -2.22. The van der Waals surface area contributed by atoms with Crippen LogP contribution in [0.15, 0.2) is 91.0 Å². The first-order valence-corrected chi connectivity index (χ1v) is 12.0. The lowest BCUT2D eigenvalue weighted by Gasteiger charge is -2.32. The third-order valence-corrected chi connectivity index (χ3v) is 6.42. The van der Waals surface area contributed by atoms with Gasteiger partial charge in [0, 0.05) is 17.6 Å². The van der Waals surface area contributed by atoms with Crippen LogP contribution in [0.5, 0.6) is 0 Å². The van der Waals surface area contributed by atoms with Gasteiger partial charge in [0.05, 0.1) is 19.1 Å². The zero-order valence-electron chi connectivity index (χ0n) is 20.6. The number of nitrogens with one attached hydrogen (secondary N) is 2. The molecule has 0 radical (unpaired) electrons. The van der Waals surface area contributed by atoms with E-state index in [9.17, 15) is 14.4 Å². The number of nitrogens with zero attached hydrogens (tertiary/aromatic N) is 1. The number of methoxy groups -OCH3 is 1. The van der Waals surface area contributed by atoms with Crippen LogP contribution in [0.1, 0.15) is 36.9 Å². The number of hydrogen-bond donors (Lipinski definition) is 2. The lowest BCUT2D eigenvalue weighted by molar-refractivity contribution is -0.146. The summed E-state index contributed by atoms with van der Waals surface area (Å²) in [5, 5.41) is 5.90. The zero-order chi connectivity index (χ0) is 25.7. The van der Waals surface area contributed by atoms with E-state index in [4.69, 9.17) is 4.74 Å². The predicted octanol–water partition coefficient (Wildman–Crippen LogP) is 4.74. The molecule has 3 aromatic rings. The molecular weight excluding hydrogens is 454 g/mol. The molecular formula is C29H31N3O4. The van der Waals surface area contributed by atoms with Gasteiger partial charge in [-0.3, -0.25) is 9.59 Å². The zero-order valence-corrected chi connectivity index (χ0v) is 20.6. The summed E-state index contributed by atoms with van der Waals surface area (Å²) in [7, 11) is 1.34. The Morgan fingerprint density at radius 1 is 0.806 bits per heavy atom. The molecule has 3 aromatic carbocycles. The van der Waals surface area contributed by atoms with Gasteiger partial charge in [-0.25, -0.2) is 4.79 Å². The van der Waals surface area contributed by atoms with Gasteiger partial charge in [0.1, 0.15) is 6.04 Å².